The predicted molar refractivity (Wildman–Crippen MR) is 115 cm³/mol. The molecular weight excluding hydrogens is 370 g/mol. The van der Waals surface area contributed by atoms with Gasteiger partial charge in [-0.25, -0.2) is 4.98 Å². The maximum Gasteiger partial charge on any atom is 0.230 e. The van der Waals surface area contributed by atoms with Crippen LogP contribution in [0.25, 0.3) is 12.2 Å². The Morgan fingerprint density at radius 2 is 1.86 bits per heavy atom. The number of amides is 1. The van der Waals surface area contributed by atoms with Gasteiger partial charge < -0.3 is 10.2 Å². The topological polar surface area (TPSA) is 73.9 Å². The van der Waals surface area contributed by atoms with Crippen LogP contribution in [0, 0.1) is 0 Å². The third-order valence-electron chi connectivity index (χ3n) is 3.99. The summed E-state index contributed by atoms with van der Waals surface area (Å²) in [7, 11) is 4.00. The summed E-state index contributed by atoms with van der Waals surface area (Å²) in [5.41, 5.74) is 3.29. The van der Waals surface area contributed by atoms with E-state index < -0.39 is 0 Å². The molecule has 144 valence electrons. The van der Waals surface area contributed by atoms with Gasteiger partial charge in [-0.15, -0.1) is 5.10 Å². The minimum Gasteiger partial charge on any atom is -0.378 e. The second-order valence-electron chi connectivity index (χ2n) is 6.37. The summed E-state index contributed by atoms with van der Waals surface area (Å²) in [5, 5.41) is 10.5. The lowest BCUT2D eigenvalue weighted by Gasteiger charge is -2.12. The summed E-state index contributed by atoms with van der Waals surface area (Å²) in [6.45, 7) is 0.506. The van der Waals surface area contributed by atoms with Crippen molar-refractivity contribution < 1.29 is 4.79 Å². The quantitative estimate of drug-likeness (QED) is 0.574. The number of hydrogen-bond donors (Lipinski definition) is 2. The van der Waals surface area contributed by atoms with Gasteiger partial charge in [-0.3, -0.25) is 9.89 Å². The first-order valence-electron chi connectivity index (χ1n) is 8.91. The van der Waals surface area contributed by atoms with Gasteiger partial charge in [-0.05, 0) is 29.3 Å². The monoisotopic (exact) mass is 393 g/mol. The summed E-state index contributed by atoms with van der Waals surface area (Å²) in [6, 6.07) is 18.1. The molecule has 1 amide bonds. The highest BCUT2D eigenvalue weighted by atomic mass is 32.2. The molecule has 0 spiro atoms. The molecule has 0 fully saturated rings. The lowest BCUT2D eigenvalue weighted by atomic mass is 10.2. The SMILES string of the molecule is CN(C)c1ccc(CNC(=O)CSc2n[nH]c(/C=C/c3ccccc3)n2)cc1. The van der Waals surface area contributed by atoms with Crippen molar-refractivity contribution in [2.24, 2.45) is 0 Å². The fourth-order valence-electron chi connectivity index (χ4n) is 2.43. The van der Waals surface area contributed by atoms with Gasteiger partial charge in [0.2, 0.25) is 11.1 Å². The number of carbonyl (C=O) groups excluding carboxylic acids is 1. The number of nitrogens with zero attached hydrogens (tertiary/aromatic N) is 3. The second kappa shape index (κ2) is 9.75. The van der Waals surface area contributed by atoms with E-state index in [1.807, 2.05) is 85.7 Å². The molecule has 2 aromatic carbocycles. The number of H-pyrrole nitrogens is 1. The van der Waals surface area contributed by atoms with Crippen molar-refractivity contribution in [3.05, 3.63) is 71.5 Å². The Hall–Kier alpha value is -3.06. The summed E-state index contributed by atoms with van der Waals surface area (Å²) in [5.74, 6) is 0.885. The number of anilines is 1. The fraction of sp³-hybridized carbons (Fsp3) is 0.190. The summed E-state index contributed by atoms with van der Waals surface area (Å²) < 4.78 is 0. The molecule has 0 aliphatic carbocycles. The molecule has 1 heterocycles. The smallest absolute Gasteiger partial charge is 0.230 e. The van der Waals surface area contributed by atoms with Crippen molar-refractivity contribution in [1.82, 2.24) is 20.5 Å². The highest BCUT2D eigenvalue weighted by Crippen LogP contribution is 2.14. The molecule has 0 unspecified atom stereocenters. The molecule has 2 N–H and O–H groups in total. The molecule has 3 rings (SSSR count). The van der Waals surface area contributed by atoms with E-state index in [1.54, 1.807) is 0 Å². The molecule has 0 saturated heterocycles. The number of rotatable bonds is 8. The maximum absolute atomic E-state index is 12.1. The number of nitrogens with one attached hydrogen (secondary N) is 2. The van der Waals surface area contributed by atoms with Crippen molar-refractivity contribution in [2.75, 3.05) is 24.7 Å². The van der Waals surface area contributed by atoms with E-state index in [0.717, 1.165) is 16.8 Å². The van der Waals surface area contributed by atoms with Crippen molar-refractivity contribution in [3.63, 3.8) is 0 Å². The highest BCUT2D eigenvalue weighted by molar-refractivity contribution is 7.99. The van der Waals surface area contributed by atoms with Crippen LogP contribution in [0.2, 0.25) is 0 Å². The number of benzene rings is 2. The van der Waals surface area contributed by atoms with Crippen molar-refractivity contribution in [2.45, 2.75) is 11.7 Å². The first-order valence-corrected chi connectivity index (χ1v) is 9.90. The van der Waals surface area contributed by atoms with Crippen molar-refractivity contribution in [1.29, 1.82) is 0 Å². The highest BCUT2D eigenvalue weighted by Gasteiger charge is 2.07. The van der Waals surface area contributed by atoms with Crippen molar-refractivity contribution >= 4 is 35.5 Å². The standard InChI is InChI=1S/C21H23N5OS/c1-26(2)18-11-8-17(9-12-18)14-22-20(27)15-28-21-23-19(24-25-21)13-10-16-6-4-3-5-7-16/h3-13H,14-15H2,1-2H3,(H,22,27)(H,23,24,25)/b13-10+. The van der Waals surface area contributed by atoms with E-state index in [9.17, 15) is 4.79 Å². The zero-order valence-corrected chi connectivity index (χ0v) is 16.7. The van der Waals surface area contributed by atoms with Crippen LogP contribution in [0.1, 0.15) is 17.0 Å². The van der Waals surface area contributed by atoms with Crippen LogP contribution in [0.4, 0.5) is 5.69 Å². The molecule has 0 radical (unpaired) electrons. The van der Waals surface area contributed by atoms with E-state index in [0.29, 0.717) is 17.5 Å². The van der Waals surface area contributed by atoms with Gasteiger partial charge in [-0.1, -0.05) is 60.3 Å². The van der Waals surface area contributed by atoms with Gasteiger partial charge in [0.05, 0.1) is 5.75 Å². The lowest BCUT2D eigenvalue weighted by molar-refractivity contribution is -0.118. The summed E-state index contributed by atoms with van der Waals surface area (Å²) >= 11 is 1.31. The molecule has 0 aliphatic rings. The van der Waals surface area contributed by atoms with Crippen LogP contribution in [0.15, 0.2) is 59.8 Å². The Labute approximate surface area is 169 Å². The molecule has 0 atom stereocenters. The Bertz CT molecular complexity index is 919. The van der Waals surface area contributed by atoms with Gasteiger partial charge in [0.1, 0.15) is 5.82 Å². The number of hydrogen-bond acceptors (Lipinski definition) is 5. The van der Waals surface area contributed by atoms with E-state index in [2.05, 4.69) is 20.5 Å². The summed E-state index contributed by atoms with van der Waals surface area (Å²) in [4.78, 5) is 18.5. The number of aromatic amines is 1. The third kappa shape index (κ3) is 5.99. The third-order valence-corrected chi connectivity index (χ3v) is 4.84. The molecule has 0 bridgehead atoms. The molecular formula is C21H23N5OS. The largest absolute Gasteiger partial charge is 0.378 e. The van der Waals surface area contributed by atoms with Gasteiger partial charge >= 0.3 is 0 Å². The lowest BCUT2D eigenvalue weighted by Crippen LogP contribution is -2.24. The van der Waals surface area contributed by atoms with Crippen LogP contribution in [0.3, 0.4) is 0 Å². The normalized spacial score (nSPS) is 10.9. The predicted octanol–water partition coefficient (Wildman–Crippen LogP) is 3.45. The average Bonchev–Trinajstić information content (AvgIpc) is 3.18. The Morgan fingerprint density at radius 3 is 2.57 bits per heavy atom. The van der Waals surface area contributed by atoms with E-state index in [1.165, 1.54) is 11.8 Å². The maximum atomic E-state index is 12.1. The van der Waals surface area contributed by atoms with Crippen LogP contribution >= 0.6 is 11.8 Å². The van der Waals surface area contributed by atoms with Crippen LogP contribution in [-0.2, 0) is 11.3 Å². The Balaban J connectivity index is 1.43. The number of carbonyl (C=O) groups is 1. The summed E-state index contributed by atoms with van der Waals surface area (Å²) in [6.07, 6.45) is 3.83. The Kier molecular flexibility index (Phi) is 6.86. The number of aromatic nitrogens is 3. The Morgan fingerprint density at radius 1 is 1.11 bits per heavy atom. The molecule has 28 heavy (non-hydrogen) atoms. The zero-order chi connectivity index (χ0) is 19.8. The molecule has 7 heteroatoms. The molecule has 6 nitrogen and oxygen atoms in total. The fourth-order valence-corrected chi connectivity index (χ4v) is 3.07. The van der Waals surface area contributed by atoms with Gasteiger partial charge in [0.25, 0.3) is 0 Å². The molecule has 0 saturated carbocycles. The second-order valence-corrected chi connectivity index (χ2v) is 7.32. The molecule has 1 aromatic heterocycles. The minimum atomic E-state index is -0.0483. The van der Waals surface area contributed by atoms with Crippen LogP contribution < -0.4 is 10.2 Å². The van der Waals surface area contributed by atoms with Gasteiger partial charge in [0.15, 0.2) is 0 Å². The first kappa shape index (κ1) is 19.7. The molecule has 3 aromatic rings. The number of thioether (sulfide) groups is 1. The van der Waals surface area contributed by atoms with Gasteiger partial charge in [-0.2, -0.15) is 0 Å². The average molecular weight is 394 g/mol. The zero-order valence-electron chi connectivity index (χ0n) is 15.9. The minimum absolute atomic E-state index is 0.0483. The van der Waals surface area contributed by atoms with Crippen LogP contribution in [-0.4, -0.2) is 40.9 Å². The van der Waals surface area contributed by atoms with E-state index >= 15 is 0 Å². The first-order chi connectivity index (χ1) is 13.6. The van der Waals surface area contributed by atoms with Crippen molar-refractivity contribution in [3.8, 4) is 0 Å². The van der Waals surface area contributed by atoms with E-state index in [-0.39, 0.29) is 11.7 Å². The molecule has 0 aliphatic heterocycles. The van der Waals surface area contributed by atoms with E-state index in [4.69, 9.17) is 0 Å². The van der Waals surface area contributed by atoms with Crippen LogP contribution in [0.5, 0.6) is 0 Å². The van der Waals surface area contributed by atoms with Gasteiger partial charge in [0, 0.05) is 26.3 Å².